The lowest BCUT2D eigenvalue weighted by molar-refractivity contribution is 0.102. The van der Waals surface area contributed by atoms with Crippen molar-refractivity contribution in [2.75, 3.05) is 10.6 Å². The van der Waals surface area contributed by atoms with Gasteiger partial charge in [-0.15, -0.1) is 11.3 Å². The Hall–Kier alpha value is -2.99. The first-order valence-corrected chi connectivity index (χ1v) is 10.7. The normalized spacial score (nSPS) is 13.3. The number of nitrogens with one attached hydrogen (secondary N) is 2. The van der Waals surface area contributed by atoms with E-state index in [1.807, 2.05) is 31.2 Å². The summed E-state index contributed by atoms with van der Waals surface area (Å²) in [7, 11) is 0. The van der Waals surface area contributed by atoms with Gasteiger partial charge in [0, 0.05) is 23.0 Å². The summed E-state index contributed by atoms with van der Waals surface area (Å²) in [6.45, 7) is 1.99. The molecule has 0 saturated carbocycles. The van der Waals surface area contributed by atoms with E-state index in [0.717, 1.165) is 48.9 Å². The van der Waals surface area contributed by atoms with Crippen molar-refractivity contribution in [2.24, 2.45) is 0 Å². The lowest BCUT2D eigenvalue weighted by atomic mass is 10.0. The molecule has 0 unspecified atom stereocenters. The first-order chi connectivity index (χ1) is 14.1. The maximum Gasteiger partial charge on any atom is 0.258 e. The summed E-state index contributed by atoms with van der Waals surface area (Å²) >= 11 is 1.53. The summed E-state index contributed by atoms with van der Waals surface area (Å²) in [5, 5.41) is 6.60. The van der Waals surface area contributed by atoms with E-state index in [0.29, 0.717) is 16.1 Å². The van der Waals surface area contributed by atoms with Crippen molar-refractivity contribution in [2.45, 2.75) is 39.0 Å². The summed E-state index contributed by atoms with van der Waals surface area (Å²) in [5.41, 5.74) is 4.00. The first-order valence-electron chi connectivity index (χ1n) is 9.86. The van der Waals surface area contributed by atoms with Gasteiger partial charge in [-0.25, -0.2) is 0 Å². The van der Waals surface area contributed by atoms with Gasteiger partial charge in [0.15, 0.2) is 0 Å². The molecule has 2 aromatic heterocycles. The summed E-state index contributed by atoms with van der Waals surface area (Å²) in [5.74, 6) is -0.421. The van der Waals surface area contributed by atoms with Crippen LogP contribution in [0.25, 0.3) is 0 Å². The lowest BCUT2D eigenvalue weighted by Gasteiger charge is -2.10. The molecule has 2 N–H and O–H groups in total. The third-order valence-electron chi connectivity index (χ3n) is 5.08. The van der Waals surface area contributed by atoms with Gasteiger partial charge in [-0.05, 0) is 68.0 Å². The van der Waals surface area contributed by atoms with Crippen LogP contribution in [0.15, 0.2) is 48.8 Å². The minimum Gasteiger partial charge on any atom is -0.322 e. The molecule has 0 radical (unpaired) electrons. The molecule has 0 aliphatic heterocycles. The molecule has 148 valence electrons. The molecule has 4 rings (SSSR count). The molecule has 2 amide bonds. The number of benzene rings is 1. The van der Waals surface area contributed by atoms with Crippen LogP contribution >= 0.6 is 11.3 Å². The largest absolute Gasteiger partial charge is 0.322 e. The zero-order valence-corrected chi connectivity index (χ0v) is 17.1. The molecule has 5 nitrogen and oxygen atoms in total. The Morgan fingerprint density at radius 3 is 2.66 bits per heavy atom. The van der Waals surface area contributed by atoms with Gasteiger partial charge in [0.25, 0.3) is 11.8 Å². The Morgan fingerprint density at radius 2 is 1.86 bits per heavy atom. The number of fused-ring (bicyclic) bond motifs is 1. The quantitative estimate of drug-likeness (QED) is 0.584. The second-order valence-electron chi connectivity index (χ2n) is 7.29. The fourth-order valence-electron chi connectivity index (χ4n) is 3.66. The third-order valence-corrected chi connectivity index (χ3v) is 6.28. The smallest absolute Gasteiger partial charge is 0.258 e. The standard InChI is InChI=1S/C23H23N3O2S/c1-15-7-5-9-17(13-15)25-22(28)20-18-10-3-2-4-11-19(18)29-23(20)26-21(27)16-8-6-12-24-14-16/h5-9,12-14H,2-4,10-11H2,1H3,(H,25,28)(H,26,27). The summed E-state index contributed by atoms with van der Waals surface area (Å²) in [4.78, 5) is 31.2. The number of anilines is 2. The number of thiophene rings is 1. The zero-order chi connectivity index (χ0) is 20.2. The van der Waals surface area contributed by atoms with Crippen molar-refractivity contribution in [3.8, 4) is 0 Å². The first kappa shape index (κ1) is 19.3. The van der Waals surface area contributed by atoms with Crippen LogP contribution in [0.2, 0.25) is 0 Å². The van der Waals surface area contributed by atoms with Gasteiger partial charge in [0.05, 0.1) is 11.1 Å². The lowest BCUT2D eigenvalue weighted by Crippen LogP contribution is -2.18. The van der Waals surface area contributed by atoms with Crippen molar-refractivity contribution in [3.05, 3.63) is 75.9 Å². The van der Waals surface area contributed by atoms with Gasteiger partial charge < -0.3 is 10.6 Å². The maximum atomic E-state index is 13.2. The number of aryl methyl sites for hydroxylation is 2. The summed E-state index contributed by atoms with van der Waals surface area (Å²) < 4.78 is 0. The molecule has 1 aliphatic rings. The van der Waals surface area contributed by atoms with Crippen molar-refractivity contribution >= 4 is 33.8 Å². The van der Waals surface area contributed by atoms with Crippen LogP contribution in [0.5, 0.6) is 0 Å². The molecule has 0 atom stereocenters. The number of hydrogen-bond donors (Lipinski definition) is 2. The molecule has 0 saturated heterocycles. The van der Waals surface area contributed by atoms with Crippen LogP contribution in [-0.2, 0) is 12.8 Å². The predicted molar refractivity (Wildman–Crippen MR) is 117 cm³/mol. The third kappa shape index (κ3) is 4.38. The van der Waals surface area contributed by atoms with E-state index in [-0.39, 0.29) is 11.8 Å². The highest BCUT2D eigenvalue weighted by Gasteiger charge is 2.26. The topological polar surface area (TPSA) is 71.1 Å². The van der Waals surface area contributed by atoms with Crippen molar-refractivity contribution < 1.29 is 9.59 Å². The Balaban J connectivity index is 1.67. The second-order valence-corrected chi connectivity index (χ2v) is 8.39. The van der Waals surface area contributed by atoms with E-state index in [1.54, 1.807) is 18.3 Å². The number of pyridine rings is 1. The van der Waals surface area contributed by atoms with E-state index in [2.05, 4.69) is 15.6 Å². The predicted octanol–water partition coefficient (Wildman–Crippen LogP) is 5.23. The molecular formula is C23H23N3O2S. The van der Waals surface area contributed by atoms with E-state index in [1.165, 1.54) is 22.4 Å². The summed E-state index contributed by atoms with van der Waals surface area (Å²) in [6, 6.07) is 11.2. The molecule has 1 aromatic carbocycles. The number of hydrogen-bond acceptors (Lipinski definition) is 4. The Bertz CT molecular complexity index is 1040. The Labute approximate surface area is 174 Å². The molecule has 0 bridgehead atoms. The second kappa shape index (κ2) is 8.57. The van der Waals surface area contributed by atoms with E-state index in [9.17, 15) is 9.59 Å². The Kier molecular flexibility index (Phi) is 5.71. The fraction of sp³-hybridized carbons (Fsp3) is 0.261. The number of aromatic nitrogens is 1. The van der Waals surface area contributed by atoms with Crippen LogP contribution < -0.4 is 10.6 Å². The molecule has 29 heavy (non-hydrogen) atoms. The number of carbonyl (C=O) groups is 2. The average Bonchev–Trinajstić information content (AvgIpc) is 2.89. The van der Waals surface area contributed by atoms with Crippen molar-refractivity contribution in [3.63, 3.8) is 0 Å². The molecule has 6 heteroatoms. The number of rotatable bonds is 4. The van der Waals surface area contributed by atoms with Crippen LogP contribution in [0.4, 0.5) is 10.7 Å². The SMILES string of the molecule is Cc1cccc(NC(=O)c2c(NC(=O)c3cccnc3)sc3c2CCCCC3)c1. The highest BCUT2D eigenvalue weighted by atomic mass is 32.1. The van der Waals surface area contributed by atoms with Crippen molar-refractivity contribution in [1.82, 2.24) is 4.98 Å². The van der Waals surface area contributed by atoms with Gasteiger partial charge >= 0.3 is 0 Å². The van der Waals surface area contributed by atoms with Gasteiger partial charge in [0.2, 0.25) is 0 Å². The molecule has 2 heterocycles. The monoisotopic (exact) mass is 405 g/mol. The zero-order valence-electron chi connectivity index (χ0n) is 16.3. The number of amides is 2. The average molecular weight is 406 g/mol. The fourth-order valence-corrected chi connectivity index (χ4v) is 4.94. The maximum absolute atomic E-state index is 13.2. The molecule has 3 aromatic rings. The van der Waals surface area contributed by atoms with E-state index >= 15 is 0 Å². The highest BCUT2D eigenvalue weighted by Crippen LogP contribution is 2.38. The van der Waals surface area contributed by atoms with Gasteiger partial charge in [-0.3, -0.25) is 14.6 Å². The molecule has 0 fully saturated rings. The number of nitrogens with zero attached hydrogens (tertiary/aromatic N) is 1. The van der Waals surface area contributed by atoms with Crippen LogP contribution in [0.3, 0.4) is 0 Å². The van der Waals surface area contributed by atoms with Crippen LogP contribution in [0, 0.1) is 6.92 Å². The minimum absolute atomic E-state index is 0.170. The van der Waals surface area contributed by atoms with Gasteiger partial charge in [-0.1, -0.05) is 18.6 Å². The van der Waals surface area contributed by atoms with Gasteiger partial charge in [0.1, 0.15) is 5.00 Å². The van der Waals surface area contributed by atoms with E-state index in [4.69, 9.17) is 0 Å². The van der Waals surface area contributed by atoms with Crippen molar-refractivity contribution in [1.29, 1.82) is 0 Å². The minimum atomic E-state index is -0.251. The Morgan fingerprint density at radius 1 is 1.00 bits per heavy atom. The van der Waals surface area contributed by atoms with E-state index < -0.39 is 0 Å². The molecule has 1 aliphatic carbocycles. The van der Waals surface area contributed by atoms with Gasteiger partial charge in [-0.2, -0.15) is 0 Å². The number of carbonyl (C=O) groups excluding carboxylic acids is 2. The molecule has 0 spiro atoms. The molecular weight excluding hydrogens is 382 g/mol. The van der Waals surface area contributed by atoms with Crippen LogP contribution in [0.1, 0.15) is 56.0 Å². The highest BCUT2D eigenvalue weighted by molar-refractivity contribution is 7.17. The summed E-state index contributed by atoms with van der Waals surface area (Å²) in [6.07, 6.45) is 8.31. The van der Waals surface area contributed by atoms with Crippen LogP contribution in [-0.4, -0.2) is 16.8 Å².